The molecule has 1 aliphatic rings. The normalized spacial score (nSPS) is 14.4. The predicted molar refractivity (Wildman–Crippen MR) is 108 cm³/mol. The Labute approximate surface area is 167 Å². The van der Waals surface area contributed by atoms with E-state index in [4.69, 9.17) is 0 Å². The maximum absolute atomic E-state index is 13.0. The van der Waals surface area contributed by atoms with Crippen LogP contribution in [-0.2, 0) is 10.0 Å². The Balaban J connectivity index is 1.62. The van der Waals surface area contributed by atoms with Gasteiger partial charge in [-0.05, 0) is 63.3 Å². The number of aromatic nitrogens is 1. The molecule has 0 atom stereocenters. The van der Waals surface area contributed by atoms with Gasteiger partial charge in [0, 0.05) is 6.54 Å². The van der Waals surface area contributed by atoms with Gasteiger partial charge in [0.05, 0.1) is 10.6 Å². The SMILES string of the molecule is Cc1nc(NS(=O)(=O)c2ccc(F)cc2)sc1C(=O)NCCC1=CCCCC1. The number of nitrogens with zero attached hydrogens (tertiary/aromatic N) is 1. The fourth-order valence-corrected chi connectivity index (χ4v) is 5.10. The number of halogens is 1. The Morgan fingerprint density at radius 2 is 2.00 bits per heavy atom. The minimum atomic E-state index is -3.90. The minimum absolute atomic E-state index is 0.0755. The third-order valence-corrected chi connectivity index (χ3v) is 7.02. The number of thiazole rings is 1. The van der Waals surface area contributed by atoms with Crippen LogP contribution in [0.4, 0.5) is 9.52 Å². The lowest BCUT2D eigenvalue weighted by atomic mass is 9.97. The number of aryl methyl sites for hydroxylation is 1. The molecule has 3 rings (SSSR count). The summed E-state index contributed by atoms with van der Waals surface area (Å²) < 4.78 is 40.1. The molecule has 2 N–H and O–H groups in total. The maximum Gasteiger partial charge on any atom is 0.263 e. The average molecular weight is 424 g/mol. The molecule has 1 amide bonds. The third-order valence-electron chi connectivity index (χ3n) is 4.47. The first-order chi connectivity index (χ1) is 13.3. The number of sulfonamides is 1. The standard InChI is InChI=1S/C19H22FN3O3S2/c1-13-17(18(24)21-12-11-14-5-3-2-4-6-14)27-19(22-13)23-28(25,26)16-9-7-15(20)8-10-16/h5,7-10H,2-4,6,11-12H2,1H3,(H,21,24)(H,22,23). The van der Waals surface area contributed by atoms with Crippen LogP contribution in [0, 0.1) is 12.7 Å². The molecule has 1 heterocycles. The van der Waals surface area contributed by atoms with Crippen molar-refractivity contribution in [2.24, 2.45) is 0 Å². The highest BCUT2D eigenvalue weighted by molar-refractivity contribution is 7.93. The number of anilines is 1. The number of rotatable bonds is 7. The van der Waals surface area contributed by atoms with Crippen molar-refractivity contribution < 1.29 is 17.6 Å². The lowest BCUT2D eigenvalue weighted by molar-refractivity contribution is 0.0957. The number of benzene rings is 1. The molecular weight excluding hydrogens is 401 g/mol. The van der Waals surface area contributed by atoms with Crippen molar-refractivity contribution >= 4 is 32.4 Å². The van der Waals surface area contributed by atoms with E-state index in [1.807, 2.05) is 0 Å². The second-order valence-electron chi connectivity index (χ2n) is 6.61. The van der Waals surface area contributed by atoms with E-state index < -0.39 is 15.8 Å². The highest BCUT2D eigenvalue weighted by atomic mass is 32.2. The van der Waals surface area contributed by atoms with Crippen LogP contribution in [-0.4, -0.2) is 25.9 Å². The number of allylic oxidation sites excluding steroid dienone is 1. The van der Waals surface area contributed by atoms with Crippen LogP contribution in [0.5, 0.6) is 0 Å². The molecule has 1 aromatic carbocycles. The van der Waals surface area contributed by atoms with Gasteiger partial charge < -0.3 is 5.32 Å². The van der Waals surface area contributed by atoms with Crippen molar-refractivity contribution in [3.63, 3.8) is 0 Å². The Morgan fingerprint density at radius 1 is 1.25 bits per heavy atom. The van der Waals surface area contributed by atoms with Crippen LogP contribution in [0.3, 0.4) is 0 Å². The first-order valence-electron chi connectivity index (χ1n) is 9.07. The van der Waals surface area contributed by atoms with E-state index in [0.29, 0.717) is 17.1 Å². The molecule has 0 unspecified atom stereocenters. The van der Waals surface area contributed by atoms with Crippen molar-refractivity contribution in [3.05, 3.63) is 52.3 Å². The summed E-state index contributed by atoms with van der Waals surface area (Å²) in [5.74, 6) is -0.786. The van der Waals surface area contributed by atoms with E-state index in [-0.39, 0.29) is 15.9 Å². The molecule has 0 aliphatic heterocycles. The summed E-state index contributed by atoms with van der Waals surface area (Å²) in [6.07, 6.45) is 7.70. The van der Waals surface area contributed by atoms with E-state index in [1.165, 1.54) is 30.5 Å². The molecule has 9 heteroatoms. The van der Waals surface area contributed by atoms with Crippen LogP contribution >= 0.6 is 11.3 Å². The first-order valence-corrected chi connectivity index (χ1v) is 11.4. The van der Waals surface area contributed by atoms with E-state index >= 15 is 0 Å². The fourth-order valence-electron chi connectivity index (χ4n) is 2.99. The molecule has 0 bridgehead atoms. The van der Waals surface area contributed by atoms with Gasteiger partial charge in [-0.25, -0.2) is 17.8 Å². The maximum atomic E-state index is 13.0. The third kappa shape index (κ3) is 5.17. The van der Waals surface area contributed by atoms with Gasteiger partial charge in [0.25, 0.3) is 15.9 Å². The summed E-state index contributed by atoms with van der Waals surface area (Å²) in [5, 5.41) is 2.97. The molecule has 0 spiro atoms. The molecule has 2 aromatic rings. The van der Waals surface area contributed by atoms with Crippen molar-refractivity contribution in [2.45, 2.75) is 43.9 Å². The van der Waals surface area contributed by atoms with Gasteiger partial charge in [-0.3, -0.25) is 9.52 Å². The van der Waals surface area contributed by atoms with Crippen LogP contribution < -0.4 is 10.0 Å². The smallest absolute Gasteiger partial charge is 0.263 e. The van der Waals surface area contributed by atoms with E-state index in [2.05, 4.69) is 21.1 Å². The van der Waals surface area contributed by atoms with E-state index in [0.717, 1.165) is 42.7 Å². The van der Waals surface area contributed by atoms with Gasteiger partial charge >= 0.3 is 0 Å². The summed E-state index contributed by atoms with van der Waals surface area (Å²) in [5.41, 5.74) is 1.83. The zero-order valence-corrected chi connectivity index (χ0v) is 17.1. The molecule has 0 radical (unpaired) electrons. The molecule has 1 aromatic heterocycles. The highest BCUT2D eigenvalue weighted by Gasteiger charge is 2.20. The zero-order valence-electron chi connectivity index (χ0n) is 15.5. The monoisotopic (exact) mass is 423 g/mol. The Bertz CT molecular complexity index is 982. The molecular formula is C19H22FN3O3S2. The lowest BCUT2D eigenvalue weighted by Gasteiger charge is -2.12. The van der Waals surface area contributed by atoms with Crippen LogP contribution in [0.2, 0.25) is 0 Å². The van der Waals surface area contributed by atoms with Crippen molar-refractivity contribution in [1.82, 2.24) is 10.3 Å². The fraction of sp³-hybridized carbons (Fsp3) is 0.368. The number of hydrogen-bond acceptors (Lipinski definition) is 5. The topological polar surface area (TPSA) is 88.2 Å². The Hall–Kier alpha value is -2.26. The predicted octanol–water partition coefficient (Wildman–Crippen LogP) is 4.01. The number of carbonyl (C=O) groups excluding carboxylic acids is 1. The molecule has 6 nitrogen and oxygen atoms in total. The van der Waals surface area contributed by atoms with E-state index in [9.17, 15) is 17.6 Å². The Kier molecular flexibility index (Phi) is 6.46. The number of hydrogen-bond donors (Lipinski definition) is 2. The minimum Gasteiger partial charge on any atom is -0.351 e. The van der Waals surface area contributed by atoms with Crippen molar-refractivity contribution in [3.8, 4) is 0 Å². The van der Waals surface area contributed by atoms with Gasteiger partial charge in [-0.2, -0.15) is 0 Å². The molecule has 0 saturated carbocycles. The second-order valence-corrected chi connectivity index (χ2v) is 9.29. The van der Waals surface area contributed by atoms with Crippen molar-refractivity contribution in [2.75, 3.05) is 11.3 Å². The Morgan fingerprint density at radius 3 is 2.68 bits per heavy atom. The van der Waals surface area contributed by atoms with Gasteiger partial charge in [0.1, 0.15) is 10.7 Å². The van der Waals surface area contributed by atoms with Gasteiger partial charge in [-0.1, -0.05) is 23.0 Å². The van der Waals surface area contributed by atoms with Gasteiger partial charge in [-0.15, -0.1) is 0 Å². The molecule has 0 saturated heterocycles. The molecule has 1 aliphatic carbocycles. The summed E-state index contributed by atoms with van der Waals surface area (Å²) >= 11 is 0.976. The van der Waals surface area contributed by atoms with E-state index in [1.54, 1.807) is 6.92 Å². The van der Waals surface area contributed by atoms with Gasteiger partial charge in [0.15, 0.2) is 5.13 Å². The van der Waals surface area contributed by atoms with Gasteiger partial charge in [0.2, 0.25) is 0 Å². The zero-order chi connectivity index (χ0) is 20.1. The quantitative estimate of drug-likeness (QED) is 0.659. The van der Waals surface area contributed by atoms with Crippen LogP contribution in [0.25, 0.3) is 0 Å². The average Bonchev–Trinajstić information content (AvgIpc) is 3.02. The summed E-state index contributed by atoms with van der Waals surface area (Å²) in [6.45, 7) is 2.20. The summed E-state index contributed by atoms with van der Waals surface area (Å²) in [6, 6.07) is 4.49. The van der Waals surface area contributed by atoms with Crippen molar-refractivity contribution in [1.29, 1.82) is 0 Å². The number of amides is 1. The number of nitrogens with one attached hydrogen (secondary N) is 2. The highest BCUT2D eigenvalue weighted by Crippen LogP contribution is 2.25. The molecule has 0 fully saturated rings. The summed E-state index contributed by atoms with van der Waals surface area (Å²) in [4.78, 5) is 16.8. The largest absolute Gasteiger partial charge is 0.351 e. The van der Waals surface area contributed by atoms with Crippen LogP contribution in [0.15, 0.2) is 40.8 Å². The number of carbonyl (C=O) groups is 1. The second kappa shape index (κ2) is 8.83. The molecule has 28 heavy (non-hydrogen) atoms. The van der Waals surface area contributed by atoms with Crippen LogP contribution in [0.1, 0.15) is 47.5 Å². The molecule has 150 valence electrons. The summed E-state index contributed by atoms with van der Waals surface area (Å²) in [7, 11) is -3.90. The first kappa shape index (κ1) is 20.5. The lowest BCUT2D eigenvalue weighted by Crippen LogP contribution is -2.24.